The number of hydrogen-bond donors (Lipinski definition) is 0. The molecule has 1 aliphatic rings. The molecule has 0 aliphatic heterocycles. The Morgan fingerprint density at radius 1 is 1.24 bits per heavy atom. The Morgan fingerprint density at radius 3 is 2.71 bits per heavy atom. The minimum atomic E-state index is -0.374. The number of carbonyl (C=O) groups is 1. The van der Waals surface area contributed by atoms with E-state index in [-0.39, 0.29) is 17.6 Å². The molecular formula is C16H22O. The van der Waals surface area contributed by atoms with E-state index in [0.29, 0.717) is 0 Å². The highest BCUT2D eigenvalue weighted by Crippen LogP contribution is 2.28. The molecule has 1 atom stereocenters. The van der Waals surface area contributed by atoms with E-state index in [0.717, 1.165) is 36.8 Å². The van der Waals surface area contributed by atoms with Gasteiger partial charge in [0.05, 0.1) is 0 Å². The third kappa shape index (κ3) is 2.59. The van der Waals surface area contributed by atoms with E-state index in [4.69, 9.17) is 1.37 Å². The topological polar surface area (TPSA) is 17.1 Å². The minimum absolute atomic E-state index is 0.165. The van der Waals surface area contributed by atoms with Gasteiger partial charge < -0.3 is 0 Å². The summed E-state index contributed by atoms with van der Waals surface area (Å²) in [7, 11) is 0. The lowest BCUT2D eigenvalue weighted by atomic mass is 9.83. The average Bonchev–Trinajstić information content (AvgIpc) is 2.49. The summed E-state index contributed by atoms with van der Waals surface area (Å²) in [5.41, 5.74) is 2.61. The first-order valence-corrected chi connectivity index (χ1v) is 6.50. The quantitative estimate of drug-likeness (QED) is 0.523. The molecule has 1 aromatic carbocycles. The fourth-order valence-electron chi connectivity index (χ4n) is 2.38. The molecule has 1 unspecified atom stereocenters. The van der Waals surface area contributed by atoms with E-state index < -0.39 is 0 Å². The molecule has 1 aliphatic carbocycles. The molecule has 0 fully saturated rings. The summed E-state index contributed by atoms with van der Waals surface area (Å²) in [6, 6.07) is 5.96. The molecule has 0 bridgehead atoms. The van der Waals surface area contributed by atoms with Crippen LogP contribution in [0.25, 0.3) is 0 Å². The lowest BCUT2D eigenvalue weighted by molar-refractivity contribution is 0.0857. The lowest BCUT2D eigenvalue weighted by Crippen LogP contribution is -2.22. The fraction of sp³-hybridized carbons (Fsp3) is 0.562. The van der Waals surface area contributed by atoms with Crippen molar-refractivity contribution in [2.24, 2.45) is 5.41 Å². The first kappa shape index (κ1) is 11.0. The summed E-state index contributed by atoms with van der Waals surface area (Å²) < 4.78 is 8.28. The van der Waals surface area contributed by atoms with Gasteiger partial charge in [-0.15, -0.1) is 0 Å². The Hall–Kier alpha value is -1.11. The second kappa shape index (κ2) is 4.64. The number of Topliss-reactive ketones (excluding diaryl/α,β-unsaturated/α-hetero) is 1. The van der Waals surface area contributed by atoms with Crippen LogP contribution in [0.15, 0.2) is 18.2 Å². The van der Waals surface area contributed by atoms with Crippen molar-refractivity contribution in [3.63, 3.8) is 0 Å². The number of benzene rings is 1. The van der Waals surface area contributed by atoms with E-state index in [9.17, 15) is 4.79 Å². The molecule has 0 saturated carbocycles. The molecule has 1 aromatic rings. The maximum atomic E-state index is 12.5. The zero-order valence-corrected chi connectivity index (χ0v) is 11.0. The molecule has 92 valence electrons. The maximum Gasteiger partial charge on any atom is 0.168 e. The number of rotatable bonds is 1. The van der Waals surface area contributed by atoms with Crippen molar-refractivity contribution in [3.05, 3.63) is 34.9 Å². The minimum Gasteiger partial charge on any atom is -0.294 e. The number of carbonyl (C=O) groups excluding carboxylic acids is 1. The van der Waals surface area contributed by atoms with Crippen LogP contribution in [-0.2, 0) is 12.8 Å². The molecule has 0 saturated heterocycles. The van der Waals surface area contributed by atoms with Gasteiger partial charge in [0, 0.05) is 12.3 Å². The van der Waals surface area contributed by atoms with Crippen LogP contribution in [0.3, 0.4) is 0 Å². The number of hydrogen-bond acceptors (Lipinski definition) is 1. The van der Waals surface area contributed by atoms with Crippen molar-refractivity contribution in [1.29, 1.82) is 0 Å². The molecular weight excluding hydrogens is 208 g/mol. The predicted molar refractivity (Wildman–Crippen MR) is 71.5 cm³/mol. The molecule has 1 heteroatoms. The smallest absolute Gasteiger partial charge is 0.168 e. The molecule has 0 radical (unpaired) electrons. The first-order chi connectivity index (χ1) is 8.41. The van der Waals surface area contributed by atoms with Gasteiger partial charge in [-0.05, 0) is 36.8 Å². The van der Waals surface area contributed by atoms with Gasteiger partial charge in [-0.2, -0.15) is 0 Å². The van der Waals surface area contributed by atoms with Gasteiger partial charge in [-0.25, -0.2) is 0 Å². The Morgan fingerprint density at radius 2 is 2.00 bits per heavy atom. The highest BCUT2D eigenvalue weighted by atomic mass is 16.1. The monoisotopic (exact) mass is 231 g/mol. The van der Waals surface area contributed by atoms with Gasteiger partial charge in [0.2, 0.25) is 0 Å². The molecule has 17 heavy (non-hydrogen) atoms. The van der Waals surface area contributed by atoms with E-state index in [1.807, 2.05) is 32.9 Å². The van der Waals surface area contributed by atoms with Crippen LogP contribution in [-0.4, -0.2) is 5.78 Å². The highest BCUT2D eigenvalue weighted by Gasteiger charge is 2.26. The van der Waals surface area contributed by atoms with Gasteiger partial charge in [0.1, 0.15) is 0 Å². The van der Waals surface area contributed by atoms with Crippen molar-refractivity contribution in [1.82, 2.24) is 0 Å². The third-order valence-electron chi connectivity index (χ3n) is 3.37. The molecule has 1 nitrogen and oxygen atoms in total. The zero-order valence-electron chi connectivity index (χ0n) is 12.0. The fourth-order valence-corrected chi connectivity index (χ4v) is 2.38. The van der Waals surface area contributed by atoms with Gasteiger partial charge in [0.25, 0.3) is 0 Å². The number of ketones is 1. The third-order valence-corrected chi connectivity index (χ3v) is 3.37. The number of fused-ring (bicyclic) bond motifs is 1. The van der Waals surface area contributed by atoms with Crippen molar-refractivity contribution < 1.29 is 6.17 Å². The van der Waals surface area contributed by atoms with E-state index >= 15 is 0 Å². The van der Waals surface area contributed by atoms with Crippen LogP contribution in [0, 0.1) is 5.41 Å². The maximum absolute atomic E-state index is 12.5. The largest absolute Gasteiger partial charge is 0.294 e. The standard InChI is InChI=1S/C16H22O/c1-16(2,3)15(17)14-11-7-9-12-8-5-4-6-10-13(12)14/h7,9,11H,4-6,8,10H2,1-3H3/i10D. The molecule has 0 N–H and O–H groups in total. The second-order valence-corrected chi connectivity index (χ2v) is 5.91. The predicted octanol–water partition coefficient (Wildman–Crippen LogP) is 4.18. The summed E-state index contributed by atoms with van der Waals surface area (Å²) in [6.07, 6.45) is 3.88. The Bertz CT molecular complexity index is 457. The van der Waals surface area contributed by atoms with E-state index in [1.54, 1.807) is 0 Å². The van der Waals surface area contributed by atoms with Crippen LogP contribution in [0.1, 0.15) is 62.9 Å². The second-order valence-electron chi connectivity index (χ2n) is 5.91. The van der Waals surface area contributed by atoms with Crippen LogP contribution in [0.4, 0.5) is 0 Å². The van der Waals surface area contributed by atoms with Crippen molar-refractivity contribution in [2.45, 2.75) is 52.9 Å². The molecule has 0 spiro atoms. The van der Waals surface area contributed by atoms with Crippen molar-refractivity contribution in [2.75, 3.05) is 0 Å². The van der Waals surface area contributed by atoms with E-state index in [1.165, 1.54) is 5.56 Å². The van der Waals surface area contributed by atoms with Gasteiger partial charge in [-0.1, -0.05) is 45.4 Å². The van der Waals surface area contributed by atoms with Crippen molar-refractivity contribution in [3.8, 4) is 0 Å². The van der Waals surface area contributed by atoms with Gasteiger partial charge in [-0.3, -0.25) is 4.79 Å². The molecule has 0 heterocycles. The summed E-state index contributed by atoms with van der Waals surface area (Å²) in [6.45, 7) is 5.85. The summed E-state index contributed by atoms with van der Waals surface area (Å²) >= 11 is 0. The highest BCUT2D eigenvalue weighted by molar-refractivity contribution is 6.01. The SMILES string of the molecule is [2H]C1CCCCc2cccc(C(=O)C(C)(C)C)c21. The first-order valence-electron chi connectivity index (χ1n) is 7.08. The van der Waals surface area contributed by atoms with Gasteiger partial charge in [0.15, 0.2) is 5.78 Å². The van der Waals surface area contributed by atoms with Crippen LogP contribution in [0.5, 0.6) is 0 Å². The van der Waals surface area contributed by atoms with Gasteiger partial charge >= 0.3 is 0 Å². The average molecular weight is 231 g/mol. The van der Waals surface area contributed by atoms with Crippen LogP contribution in [0.2, 0.25) is 0 Å². The molecule has 0 aromatic heterocycles. The van der Waals surface area contributed by atoms with Crippen LogP contribution < -0.4 is 0 Å². The summed E-state index contributed by atoms with van der Waals surface area (Å²) in [5, 5.41) is 0. The Labute approximate surface area is 106 Å². The van der Waals surface area contributed by atoms with E-state index in [2.05, 4.69) is 6.07 Å². The zero-order chi connectivity index (χ0) is 13.3. The molecule has 2 rings (SSSR count). The number of aryl methyl sites for hydroxylation is 1. The van der Waals surface area contributed by atoms with Crippen molar-refractivity contribution >= 4 is 5.78 Å². The summed E-state index contributed by atoms with van der Waals surface area (Å²) in [5.74, 6) is 0.165. The Kier molecular flexibility index (Phi) is 3.00. The normalized spacial score (nSPS) is 21.4. The molecule has 0 amide bonds. The Balaban J connectivity index is 2.53. The summed E-state index contributed by atoms with van der Waals surface area (Å²) in [4.78, 5) is 12.5. The van der Waals surface area contributed by atoms with Crippen LogP contribution >= 0.6 is 0 Å². The lowest BCUT2D eigenvalue weighted by Gasteiger charge is -2.20.